The van der Waals surface area contributed by atoms with Crippen molar-refractivity contribution >= 4 is 0 Å². The fourth-order valence-corrected chi connectivity index (χ4v) is 2.36. The van der Waals surface area contributed by atoms with Crippen LogP contribution in [-0.4, -0.2) is 0 Å². The Morgan fingerprint density at radius 3 is 2.30 bits per heavy atom. The third-order valence-electron chi connectivity index (χ3n) is 3.75. The fraction of sp³-hybridized carbons (Fsp3) is 0.263. The lowest BCUT2D eigenvalue weighted by Crippen LogP contribution is -1.96. The Hall–Kier alpha value is -2.07. The second-order valence-electron chi connectivity index (χ2n) is 5.55. The molecule has 0 N–H and O–H groups in total. The summed E-state index contributed by atoms with van der Waals surface area (Å²) in [6.07, 6.45) is 2.17. The standard InChI is InChI=1S/C19H17F/c1-13-3-6-15(7-4-13)8-10-16-9-5-14(2)19(20)18(16)17-11-12-17/h3-7,9,17H,11-12H2,1-2H3. The van der Waals surface area contributed by atoms with Gasteiger partial charge in [-0.05, 0) is 56.4 Å². The first-order chi connectivity index (χ1) is 9.65. The van der Waals surface area contributed by atoms with Gasteiger partial charge in [-0.15, -0.1) is 0 Å². The maximum absolute atomic E-state index is 14.3. The molecular formula is C19H17F. The van der Waals surface area contributed by atoms with Crippen LogP contribution in [0.25, 0.3) is 0 Å². The van der Waals surface area contributed by atoms with Crippen LogP contribution >= 0.6 is 0 Å². The average molecular weight is 264 g/mol. The highest BCUT2D eigenvalue weighted by Crippen LogP contribution is 2.43. The first kappa shape index (κ1) is 12.9. The molecule has 0 heterocycles. The second-order valence-corrected chi connectivity index (χ2v) is 5.55. The molecule has 1 aliphatic rings. The van der Waals surface area contributed by atoms with E-state index in [0.29, 0.717) is 11.5 Å². The molecule has 3 rings (SSSR count). The van der Waals surface area contributed by atoms with Crippen molar-refractivity contribution in [1.29, 1.82) is 0 Å². The van der Waals surface area contributed by atoms with E-state index < -0.39 is 0 Å². The highest BCUT2D eigenvalue weighted by Gasteiger charge is 2.29. The Morgan fingerprint density at radius 2 is 1.65 bits per heavy atom. The van der Waals surface area contributed by atoms with Crippen LogP contribution in [0, 0.1) is 31.5 Å². The summed E-state index contributed by atoms with van der Waals surface area (Å²) in [5.41, 5.74) is 4.57. The van der Waals surface area contributed by atoms with Crippen LogP contribution in [0.5, 0.6) is 0 Å². The van der Waals surface area contributed by atoms with Crippen molar-refractivity contribution in [3.63, 3.8) is 0 Å². The molecule has 100 valence electrons. The van der Waals surface area contributed by atoms with Crippen molar-refractivity contribution in [3.8, 4) is 11.8 Å². The van der Waals surface area contributed by atoms with Crippen LogP contribution in [0.2, 0.25) is 0 Å². The Kier molecular flexibility index (Phi) is 3.32. The summed E-state index contributed by atoms with van der Waals surface area (Å²) in [7, 11) is 0. The Labute approximate surface area is 119 Å². The maximum atomic E-state index is 14.3. The van der Waals surface area contributed by atoms with Gasteiger partial charge in [-0.1, -0.05) is 35.6 Å². The van der Waals surface area contributed by atoms with Gasteiger partial charge in [0.25, 0.3) is 0 Å². The van der Waals surface area contributed by atoms with Gasteiger partial charge in [-0.2, -0.15) is 0 Å². The molecule has 2 aromatic rings. The zero-order valence-electron chi connectivity index (χ0n) is 11.8. The zero-order chi connectivity index (χ0) is 14.1. The number of hydrogen-bond donors (Lipinski definition) is 0. The molecule has 20 heavy (non-hydrogen) atoms. The van der Waals surface area contributed by atoms with Gasteiger partial charge < -0.3 is 0 Å². The van der Waals surface area contributed by atoms with E-state index in [4.69, 9.17) is 0 Å². The molecule has 2 aromatic carbocycles. The molecule has 0 radical (unpaired) electrons. The summed E-state index contributed by atoms with van der Waals surface area (Å²) in [6.45, 7) is 3.87. The number of rotatable bonds is 1. The van der Waals surface area contributed by atoms with E-state index in [1.807, 2.05) is 43.3 Å². The summed E-state index contributed by atoms with van der Waals surface area (Å²) < 4.78 is 14.3. The van der Waals surface area contributed by atoms with Gasteiger partial charge in [-0.25, -0.2) is 4.39 Å². The highest BCUT2D eigenvalue weighted by atomic mass is 19.1. The van der Waals surface area contributed by atoms with Crippen molar-refractivity contribution in [1.82, 2.24) is 0 Å². The Balaban J connectivity index is 1.99. The quantitative estimate of drug-likeness (QED) is 0.654. The molecule has 1 aliphatic carbocycles. The lowest BCUT2D eigenvalue weighted by Gasteiger charge is -2.07. The van der Waals surface area contributed by atoms with Gasteiger partial charge in [0, 0.05) is 16.7 Å². The van der Waals surface area contributed by atoms with Crippen LogP contribution in [-0.2, 0) is 0 Å². The summed E-state index contributed by atoms with van der Waals surface area (Å²) >= 11 is 0. The molecule has 0 atom stereocenters. The van der Waals surface area contributed by atoms with E-state index in [2.05, 4.69) is 18.8 Å². The van der Waals surface area contributed by atoms with Crippen molar-refractivity contribution in [3.05, 3.63) is 70.0 Å². The van der Waals surface area contributed by atoms with Crippen LogP contribution in [0.15, 0.2) is 36.4 Å². The third-order valence-corrected chi connectivity index (χ3v) is 3.75. The summed E-state index contributed by atoms with van der Waals surface area (Å²) in [5, 5.41) is 0. The minimum atomic E-state index is -0.0665. The van der Waals surface area contributed by atoms with Gasteiger partial charge in [-0.3, -0.25) is 0 Å². The monoisotopic (exact) mass is 264 g/mol. The van der Waals surface area contributed by atoms with Crippen LogP contribution < -0.4 is 0 Å². The molecule has 1 heteroatoms. The molecule has 0 saturated heterocycles. The van der Waals surface area contributed by atoms with Crippen molar-refractivity contribution in [2.24, 2.45) is 0 Å². The highest BCUT2D eigenvalue weighted by molar-refractivity contribution is 5.50. The molecular weight excluding hydrogens is 247 g/mol. The van der Waals surface area contributed by atoms with E-state index >= 15 is 0 Å². The molecule has 1 saturated carbocycles. The molecule has 0 spiro atoms. The van der Waals surface area contributed by atoms with Crippen LogP contribution in [0.1, 0.15) is 46.6 Å². The van der Waals surface area contributed by atoms with Gasteiger partial charge >= 0.3 is 0 Å². The first-order valence-electron chi connectivity index (χ1n) is 7.03. The van der Waals surface area contributed by atoms with E-state index in [-0.39, 0.29) is 5.82 Å². The van der Waals surface area contributed by atoms with Crippen LogP contribution in [0.3, 0.4) is 0 Å². The minimum absolute atomic E-state index is 0.0665. The normalized spacial score (nSPS) is 13.8. The Bertz CT molecular complexity index is 695. The van der Waals surface area contributed by atoms with Gasteiger partial charge in [0.05, 0.1) is 0 Å². The molecule has 0 unspecified atom stereocenters. The van der Waals surface area contributed by atoms with Gasteiger partial charge in [0.2, 0.25) is 0 Å². The van der Waals surface area contributed by atoms with E-state index in [1.54, 1.807) is 0 Å². The van der Waals surface area contributed by atoms with E-state index in [1.165, 1.54) is 5.56 Å². The molecule has 0 amide bonds. The number of halogens is 1. The lowest BCUT2D eigenvalue weighted by atomic mass is 9.99. The van der Waals surface area contributed by atoms with E-state index in [0.717, 1.165) is 29.5 Å². The fourth-order valence-electron chi connectivity index (χ4n) is 2.36. The molecule has 1 fully saturated rings. The zero-order valence-corrected chi connectivity index (χ0v) is 11.8. The van der Waals surface area contributed by atoms with Gasteiger partial charge in [0.1, 0.15) is 5.82 Å². The number of benzene rings is 2. The predicted octanol–water partition coefficient (Wildman–Crippen LogP) is 4.72. The smallest absolute Gasteiger partial charge is 0.130 e. The largest absolute Gasteiger partial charge is 0.206 e. The van der Waals surface area contributed by atoms with Crippen molar-refractivity contribution in [2.75, 3.05) is 0 Å². The molecule has 0 aromatic heterocycles. The SMILES string of the molecule is Cc1ccc(C#Cc2ccc(C)c(F)c2C2CC2)cc1. The topological polar surface area (TPSA) is 0 Å². The van der Waals surface area contributed by atoms with Crippen molar-refractivity contribution < 1.29 is 4.39 Å². The summed E-state index contributed by atoms with van der Waals surface area (Å²) in [5.74, 6) is 6.60. The van der Waals surface area contributed by atoms with Crippen molar-refractivity contribution in [2.45, 2.75) is 32.6 Å². The van der Waals surface area contributed by atoms with E-state index in [9.17, 15) is 4.39 Å². The van der Waals surface area contributed by atoms with Gasteiger partial charge in [0.15, 0.2) is 0 Å². The predicted molar refractivity (Wildman–Crippen MR) is 80.3 cm³/mol. The minimum Gasteiger partial charge on any atom is -0.206 e. The average Bonchev–Trinajstić information content (AvgIpc) is 3.26. The lowest BCUT2D eigenvalue weighted by molar-refractivity contribution is 0.601. The molecule has 0 bridgehead atoms. The summed E-state index contributed by atoms with van der Waals surface area (Å²) in [6, 6.07) is 11.9. The molecule has 0 aliphatic heterocycles. The van der Waals surface area contributed by atoms with Crippen LogP contribution in [0.4, 0.5) is 4.39 Å². The second kappa shape index (κ2) is 5.13. The first-order valence-corrected chi connectivity index (χ1v) is 7.03. The Morgan fingerprint density at radius 1 is 0.950 bits per heavy atom. The number of aryl methyl sites for hydroxylation is 2. The number of hydrogen-bond acceptors (Lipinski definition) is 0. The third kappa shape index (κ3) is 2.60. The summed E-state index contributed by atoms with van der Waals surface area (Å²) in [4.78, 5) is 0. The maximum Gasteiger partial charge on any atom is 0.130 e. The molecule has 0 nitrogen and oxygen atoms in total.